The lowest BCUT2D eigenvalue weighted by molar-refractivity contribution is 0.101. The van der Waals surface area contributed by atoms with Gasteiger partial charge in [-0.25, -0.2) is 4.79 Å². The number of ketones is 1. The summed E-state index contributed by atoms with van der Waals surface area (Å²) in [5.74, 6) is 0.280. The van der Waals surface area contributed by atoms with Crippen molar-refractivity contribution in [1.29, 1.82) is 0 Å². The van der Waals surface area contributed by atoms with Gasteiger partial charge in [0.05, 0.1) is 5.02 Å². The summed E-state index contributed by atoms with van der Waals surface area (Å²) in [4.78, 5) is 24.8. The minimum Gasteiger partial charge on any atom is -0.324 e. The molecule has 0 bridgehead atoms. The van der Waals surface area contributed by atoms with Crippen LogP contribution in [0.5, 0.6) is 0 Å². The van der Waals surface area contributed by atoms with E-state index in [9.17, 15) is 13.8 Å². The third-order valence-electron chi connectivity index (χ3n) is 3.06. The maximum atomic E-state index is 12.1. The lowest BCUT2D eigenvalue weighted by Gasteiger charge is -2.24. The van der Waals surface area contributed by atoms with E-state index in [0.717, 1.165) is 0 Å². The number of carbonyl (C=O) groups excluding carboxylic acids is 2. The summed E-state index contributed by atoms with van der Waals surface area (Å²) in [7, 11) is 0.666. The second kappa shape index (κ2) is 7.56. The van der Waals surface area contributed by atoms with Gasteiger partial charge in [0.25, 0.3) is 0 Å². The Morgan fingerprint density at radius 3 is 2.52 bits per heavy atom. The Bertz CT molecular complexity index is 577. The highest BCUT2D eigenvalue weighted by atomic mass is 35.5. The van der Waals surface area contributed by atoms with Crippen molar-refractivity contribution < 1.29 is 13.8 Å². The van der Waals surface area contributed by atoms with E-state index in [0.29, 0.717) is 22.0 Å². The Balaban J connectivity index is 2.77. The van der Waals surface area contributed by atoms with Crippen LogP contribution in [0.25, 0.3) is 0 Å². The van der Waals surface area contributed by atoms with Gasteiger partial charge in [0.15, 0.2) is 5.78 Å². The van der Waals surface area contributed by atoms with Crippen LogP contribution in [0.15, 0.2) is 18.2 Å². The molecule has 0 saturated heterocycles. The van der Waals surface area contributed by atoms with Crippen molar-refractivity contribution in [3.05, 3.63) is 28.8 Å². The second-order valence-corrected chi connectivity index (χ2v) is 6.77. The Morgan fingerprint density at radius 1 is 1.43 bits per heavy atom. The molecule has 0 heterocycles. The number of halogens is 1. The normalized spacial score (nSPS) is 13.4. The van der Waals surface area contributed by atoms with E-state index >= 15 is 0 Å². The Morgan fingerprint density at radius 2 is 2.05 bits per heavy atom. The molecule has 0 saturated carbocycles. The van der Waals surface area contributed by atoms with E-state index in [-0.39, 0.29) is 17.9 Å². The molecule has 0 aliphatic carbocycles. The minimum absolute atomic E-state index is 0.131. The SMILES string of the molecule is CC(=O)c1ccc(NC(=O)N(C)[C@H](C)C[S@@](C)=O)cc1Cl. The highest BCUT2D eigenvalue weighted by Gasteiger charge is 2.17. The maximum Gasteiger partial charge on any atom is 0.321 e. The molecule has 7 heteroatoms. The molecule has 1 aromatic rings. The summed E-state index contributed by atoms with van der Waals surface area (Å²) in [5.41, 5.74) is 0.921. The number of nitrogens with one attached hydrogen (secondary N) is 1. The summed E-state index contributed by atoms with van der Waals surface area (Å²) in [6.07, 6.45) is 1.60. The average Bonchev–Trinajstić information content (AvgIpc) is 2.36. The number of amides is 2. The number of carbonyl (C=O) groups is 2. The highest BCUT2D eigenvalue weighted by Crippen LogP contribution is 2.21. The summed E-state index contributed by atoms with van der Waals surface area (Å²) in [5, 5.41) is 2.99. The van der Waals surface area contributed by atoms with Gasteiger partial charge in [0, 0.05) is 47.1 Å². The smallest absolute Gasteiger partial charge is 0.321 e. The van der Waals surface area contributed by atoms with Gasteiger partial charge in [-0.2, -0.15) is 0 Å². The van der Waals surface area contributed by atoms with Crippen LogP contribution in [0, 0.1) is 0 Å². The molecule has 2 atom stereocenters. The van der Waals surface area contributed by atoms with Crippen LogP contribution in [0.4, 0.5) is 10.5 Å². The predicted molar refractivity (Wildman–Crippen MR) is 86.6 cm³/mol. The van der Waals surface area contributed by atoms with Gasteiger partial charge >= 0.3 is 6.03 Å². The molecule has 5 nitrogen and oxygen atoms in total. The van der Waals surface area contributed by atoms with Crippen molar-refractivity contribution in [3.63, 3.8) is 0 Å². The van der Waals surface area contributed by atoms with Crippen molar-refractivity contribution in [1.82, 2.24) is 4.90 Å². The topological polar surface area (TPSA) is 66.5 Å². The summed E-state index contributed by atoms with van der Waals surface area (Å²) in [6, 6.07) is 4.26. The third kappa shape index (κ3) is 5.13. The maximum absolute atomic E-state index is 12.1. The van der Waals surface area contributed by atoms with Crippen LogP contribution in [0.1, 0.15) is 24.2 Å². The molecule has 21 heavy (non-hydrogen) atoms. The molecular weight excluding hydrogens is 312 g/mol. The van der Waals surface area contributed by atoms with E-state index in [1.165, 1.54) is 17.9 Å². The molecular formula is C14H19ClN2O3S. The summed E-state index contributed by atoms with van der Waals surface area (Å²) >= 11 is 5.99. The number of hydrogen-bond acceptors (Lipinski definition) is 3. The fourth-order valence-corrected chi connectivity index (χ4v) is 2.96. The van der Waals surface area contributed by atoms with Gasteiger partial charge in [-0.1, -0.05) is 11.6 Å². The largest absolute Gasteiger partial charge is 0.324 e. The zero-order valence-corrected chi connectivity index (χ0v) is 14.0. The molecule has 1 aromatic carbocycles. The van der Waals surface area contributed by atoms with Crippen LogP contribution >= 0.6 is 11.6 Å². The molecule has 1 rings (SSSR count). The molecule has 0 radical (unpaired) electrons. The quantitative estimate of drug-likeness (QED) is 0.844. The number of nitrogens with zero attached hydrogens (tertiary/aromatic N) is 1. The van der Waals surface area contributed by atoms with Gasteiger partial charge < -0.3 is 10.2 Å². The number of rotatable bonds is 5. The fourth-order valence-electron chi connectivity index (χ4n) is 1.74. The molecule has 0 aromatic heterocycles. The summed E-state index contributed by atoms with van der Waals surface area (Å²) in [6.45, 7) is 3.26. The van der Waals surface area contributed by atoms with Gasteiger partial charge in [-0.05, 0) is 32.0 Å². The lowest BCUT2D eigenvalue weighted by atomic mass is 10.1. The molecule has 0 unspecified atom stereocenters. The van der Waals surface area contributed by atoms with Crippen LogP contribution in [0.2, 0.25) is 5.02 Å². The predicted octanol–water partition coefficient (Wildman–Crippen LogP) is 2.77. The zero-order chi connectivity index (χ0) is 16.2. The molecule has 0 spiro atoms. The highest BCUT2D eigenvalue weighted by molar-refractivity contribution is 7.84. The van der Waals surface area contributed by atoms with E-state index in [4.69, 9.17) is 11.6 Å². The van der Waals surface area contributed by atoms with Crippen LogP contribution in [0.3, 0.4) is 0 Å². The van der Waals surface area contributed by atoms with Crippen molar-refractivity contribution in [3.8, 4) is 0 Å². The second-order valence-electron chi connectivity index (χ2n) is 4.88. The number of urea groups is 1. The number of hydrogen-bond donors (Lipinski definition) is 1. The fraction of sp³-hybridized carbons (Fsp3) is 0.429. The average molecular weight is 331 g/mol. The molecule has 0 fully saturated rings. The van der Waals surface area contributed by atoms with Crippen LogP contribution in [-0.4, -0.2) is 46.0 Å². The van der Waals surface area contributed by atoms with Gasteiger partial charge in [0.1, 0.15) is 0 Å². The van der Waals surface area contributed by atoms with Crippen LogP contribution in [-0.2, 0) is 10.8 Å². The van der Waals surface area contributed by atoms with E-state index in [2.05, 4.69) is 5.32 Å². The van der Waals surface area contributed by atoms with Gasteiger partial charge in [-0.15, -0.1) is 0 Å². The monoisotopic (exact) mass is 330 g/mol. The Hall–Kier alpha value is -1.40. The Kier molecular flexibility index (Phi) is 6.36. The number of anilines is 1. The van der Waals surface area contributed by atoms with Crippen molar-refractivity contribution in [2.75, 3.05) is 24.4 Å². The van der Waals surface area contributed by atoms with Crippen molar-refractivity contribution >= 4 is 39.9 Å². The molecule has 116 valence electrons. The van der Waals surface area contributed by atoms with Crippen LogP contribution < -0.4 is 5.32 Å². The van der Waals surface area contributed by atoms with Gasteiger partial charge in [0.2, 0.25) is 0 Å². The van der Waals surface area contributed by atoms with E-state index < -0.39 is 10.8 Å². The third-order valence-corrected chi connectivity index (χ3v) is 4.32. The molecule has 0 aliphatic heterocycles. The first kappa shape index (κ1) is 17.7. The van der Waals surface area contributed by atoms with Gasteiger partial charge in [-0.3, -0.25) is 9.00 Å². The molecule has 1 N–H and O–H groups in total. The lowest BCUT2D eigenvalue weighted by Crippen LogP contribution is -2.40. The van der Waals surface area contributed by atoms with E-state index in [1.54, 1.807) is 25.4 Å². The summed E-state index contributed by atoms with van der Waals surface area (Å²) < 4.78 is 11.2. The first-order valence-corrected chi connectivity index (χ1v) is 8.47. The van der Waals surface area contributed by atoms with Crippen molar-refractivity contribution in [2.24, 2.45) is 0 Å². The minimum atomic E-state index is -0.972. The van der Waals surface area contributed by atoms with Crippen molar-refractivity contribution in [2.45, 2.75) is 19.9 Å². The number of benzene rings is 1. The standard InChI is InChI=1S/C14H19ClN2O3S/c1-9(8-21(4)20)17(3)14(19)16-11-5-6-12(10(2)18)13(15)7-11/h5-7,9H,8H2,1-4H3,(H,16,19)/t9-,21-/m1/s1. The number of Topliss-reactive ketones (excluding diaryl/α,β-unsaturated/α-hetero) is 1. The Labute approximate surface area is 132 Å². The zero-order valence-electron chi connectivity index (χ0n) is 12.5. The molecule has 0 aliphatic rings. The molecule has 2 amide bonds. The first-order valence-electron chi connectivity index (χ1n) is 6.36. The van der Waals surface area contributed by atoms with E-state index in [1.807, 2.05) is 6.92 Å². The first-order chi connectivity index (χ1) is 9.72.